The van der Waals surface area contributed by atoms with Gasteiger partial charge in [-0.15, -0.1) is 17.8 Å². The lowest BCUT2D eigenvalue weighted by atomic mass is 10.3. The largest absolute Gasteiger partial charge is 0.326 e. The van der Waals surface area contributed by atoms with Crippen LogP contribution in [-0.4, -0.2) is 28.9 Å². The Bertz CT molecular complexity index is 326. The molecule has 0 aliphatic rings. The zero-order valence-corrected chi connectivity index (χ0v) is 8.88. The van der Waals surface area contributed by atoms with E-state index < -0.39 is 0 Å². The number of hydrogen-bond donors (Lipinski definition) is 0. The molecule has 0 radical (unpaired) electrons. The highest BCUT2D eigenvalue weighted by atomic mass is 32.1. The van der Waals surface area contributed by atoms with Crippen LogP contribution in [0.5, 0.6) is 0 Å². The van der Waals surface area contributed by atoms with Crippen molar-refractivity contribution >= 4 is 17.2 Å². The highest BCUT2D eigenvalue weighted by Crippen LogP contribution is 2.05. The fraction of sp³-hybridized carbons (Fsp3) is 0.400. The second-order valence-electron chi connectivity index (χ2n) is 2.80. The molecule has 3 nitrogen and oxygen atoms in total. The quantitative estimate of drug-likeness (QED) is 0.705. The molecule has 0 saturated heterocycles. The third-order valence-electron chi connectivity index (χ3n) is 1.71. The Labute approximate surface area is 87.8 Å². The standard InChI is InChI=1S/C10H12N2OS/c1-3-5-12(6-4-2)10(13)9-7-14-8-11-9/h1,7-8H,4-6H2,2H3. The molecule has 1 rings (SSSR count). The molecule has 0 aromatic carbocycles. The SMILES string of the molecule is C#CCN(CCC)C(=O)c1cscn1. The van der Waals surface area contributed by atoms with Gasteiger partial charge in [0.05, 0.1) is 12.1 Å². The number of amides is 1. The molecular weight excluding hydrogens is 196 g/mol. The van der Waals surface area contributed by atoms with Gasteiger partial charge in [0.2, 0.25) is 0 Å². The first-order valence-electron chi connectivity index (χ1n) is 4.40. The van der Waals surface area contributed by atoms with E-state index in [4.69, 9.17) is 6.42 Å². The van der Waals surface area contributed by atoms with Crippen LogP contribution in [0, 0.1) is 12.3 Å². The smallest absolute Gasteiger partial charge is 0.274 e. The summed E-state index contributed by atoms with van der Waals surface area (Å²) in [5.74, 6) is 2.40. The van der Waals surface area contributed by atoms with Crippen LogP contribution in [0.2, 0.25) is 0 Å². The van der Waals surface area contributed by atoms with E-state index in [9.17, 15) is 4.79 Å². The first-order valence-corrected chi connectivity index (χ1v) is 5.34. The average Bonchev–Trinajstić information content (AvgIpc) is 2.69. The van der Waals surface area contributed by atoms with Crippen LogP contribution in [-0.2, 0) is 0 Å². The van der Waals surface area contributed by atoms with Gasteiger partial charge in [-0.25, -0.2) is 4.98 Å². The molecule has 0 fully saturated rings. The van der Waals surface area contributed by atoms with Crippen molar-refractivity contribution in [3.8, 4) is 12.3 Å². The van der Waals surface area contributed by atoms with Gasteiger partial charge < -0.3 is 4.90 Å². The van der Waals surface area contributed by atoms with Crippen molar-refractivity contribution in [2.45, 2.75) is 13.3 Å². The summed E-state index contributed by atoms with van der Waals surface area (Å²) in [5.41, 5.74) is 2.13. The van der Waals surface area contributed by atoms with Crippen molar-refractivity contribution in [3.05, 3.63) is 16.6 Å². The third kappa shape index (κ3) is 2.57. The first kappa shape index (κ1) is 10.7. The van der Waals surface area contributed by atoms with Crippen molar-refractivity contribution < 1.29 is 4.79 Å². The zero-order chi connectivity index (χ0) is 10.4. The van der Waals surface area contributed by atoms with E-state index in [1.165, 1.54) is 11.3 Å². The van der Waals surface area contributed by atoms with Crippen LogP contribution < -0.4 is 0 Å². The van der Waals surface area contributed by atoms with E-state index in [-0.39, 0.29) is 5.91 Å². The molecule has 14 heavy (non-hydrogen) atoms. The Kier molecular flexibility index (Phi) is 4.14. The average molecular weight is 208 g/mol. The predicted octanol–water partition coefficient (Wildman–Crippen LogP) is 1.63. The monoisotopic (exact) mass is 208 g/mol. The van der Waals surface area contributed by atoms with E-state index in [1.807, 2.05) is 6.92 Å². The van der Waals surface area contributed by atoms with Crippen LogP contribution in [0.4, 0.5) is 0 Å². The topological polar surface area (TPSA) is 33.2 Å². The van der Waals surface area contributed by atoms with Crippen LogP contribution in [0.25, 0.3) is 0 Å². The molecular formula is C10H12N2OS. The van der Waals surface area contributed by atoms with E-state index in [1.54, 1.807) is 15.8 Å². The highest BCUT2D eigenvalue weighted by Gasteiger charge is 2.15. The summed E-state index contributed by atoms with van der Waals surface area (Å²) in [6.45, 7) is 3.04. The van der Waals surface area contributed by atoms with E-state index in [2.05, 4.69) is 10.9 Å². The van der Waals surface area contributed by atoms with Crippen LogP contribution in [0.15, 0.2) is 10.9 Å². The molecule has 74 valence electrons. The molecule has 0 bridgehead atoms. The van der Waals surface area contributed by atoms with Gasteiger partial charge in [-0.05, 0) is 6.42 Å². The van der Waals surface area contributed by atoms with Gasteiger partial charge in [0.1, 0.15) is 5.69 Å². The minimum Gasteiger partial charge on any atom is -0.326 e. The number of rotatable bonds is 4. The number of carbonyl (C=O) groups is 1. The summed E-state index contributed by atoms with van der Waals surface area (Å²) in [4.78, 5) is 17.4. The fourth-order valence-electron chi connectivity index (χ4n) is 1.11. The summed E-state index contributed by atoms with van der Waals surface area (Å²) in [6.07, 6.45) is 6.09. The predicted molar refractivity (Wildman–Crippen MR) is 57.1 cm³/mol. The van der Waals surface area contributed by atoms with E-state index in [0.717, 1.165) is 6.42 Å². The second-order valence-corrected chi connectivity index (χ2v) is 3.52. The van der Waals surface area contributed by atoms with Crippen molar-refractivity contribution in [2.75, 3.05) is 13.1 Å². The summed E-state index contributed by atoms with van der Waals surface area (Å²) in [6, 6.07) is 0. The van der Waals surface area contributed by atoms with Gasteiger partial charge in [0, 0.05) is 11.9 Å². The van der Waals surface area contributed by atoms with Crippen molar-refractivity contribution in [3.63, 3.8) is 0 Å². The molecule has 0 N–H and O–H groups in total. The Morgan fingerprint density at radius 2 is 2.57 bits per heavy atom. The fourth-order valence-corrected chi connectivity index (χ4v) is 1.64. The minimum atomic E-state index is -0.0777. The molecule has 0 unspecified atom stereocenters. The molecule has 1 heterocycles. The summed E-state index contributed by atoms with van der Waals surface area (Å²) in [7, 11) is 0. The van der Waals surface area contributed by atoms with Gasteiger partial charge in [-0.1, -0.05) is 12.8 Å². The van der Waals surface area contributed by atoms with Crippen molar-refractivity contribution in [1.82, 2.24) is 9.88 Å². The van der Waals surface area contributed by atoms with Crippen LogP contribution in [0.1, 0.15) is 23.8 Å². The molecule has 0 spiro atoms. The maximum atomic E-state index is 11.8. The molecule has 1 aromatic heterocycles. The Morgan fingerprint density at radius 1 is 1.79 bits per heavy atom. The number of hydrogen-bond acceptors (Lipinski definition) is 3. The summed E-state index contributed by atoms with van der Waals surface area (Å²) >= 11 is 1.41. The second kappa shape index (κ2) is 5.40. The molecule has 1 aromatic rings. The van der Waals surface area contributed by atoms with Gasteiger partial charge in [0.15, 0.2) is 0 Å². The van der Waals surface area contributed by atoms with Crippen LogP contribution >= 0.6 is 11.3 Å². The molecule has 0 aliphatic heterocycles. The number of aromatic nitrogens is 1. The number of carbonyl (C=O) groups excluding carboxylic acids is 1. The van der Waals surface area contributed by atoms with Crippen molar-refractivity contribution in [2.24, 2.45) is 0 Å². The van der Waals surface area contributed by atoms with Gasteiger partial charge in [0.25, 0.3) is 5.91 Å². The molecule has 0 aliphatic carbocycles. The van der Waals surface area contributed by atoms with Gasteiger partial charge in [-0.2, -0.15) is 0 Å². The summed E-state index contributed by atoms with van der Waals surface area (Å²) < 4.78 is 0. The number of thiazole rings is 1. The molecule has 0 saturated carbocycles. The molecule has 4 heteroatoms. The number of nitrogens with zero attached hydrogens (tertiary/aromatic N) is 2. The maximum Gasteiger partial charge on any atom is 0.274 e. The minimum absolute atomic E-state index is 0.0777. The first-order chi connectivity index (χ1) is 6.79. The molecule has 1 amide bonds. The van der Waals surface area contributed by atoms with Crippen molar-refractivity contribution in [1.29, 1.82) is 0 Å². The third-order valence-corrected chi connectivity index (χ3v) is 2.30. The Balaban J connectivity index is 2.69. The van der Waals surface area contributed by atoms with Gasteiger partial charge in [-0.3, -0.25) is 4.79 Å². The number of terminal acetylenes is 1. The Morgan fingerprint density at radius 3 is 3.07 bits per heavy atom. The van der Waals surface area contributed by atoms with Gasteiger partial charge >= 0.3 is 0 Å². The zero-order valence-electron chi connectivity index (χ0n) is 8.06. The molecule has 0 atom stereocenters. The lowest BCUT2D eigenvalue weighted by Gasteiger charge is -2.17. The lowest BCUT2D eigenvalue weighted by molar-refractivity contribution is 0.0772. The maximum absolute atomic E-state index is 11.8. The van der Waals surface area contributed by atoms with Crippen LogP contribution in [0.3, 0.4) is 0 Å². The lowest BCUT2D eigenvalue weighted by Crippen LogP contribution is -2.32. The van der Waals surface area contributed by atoms with E-state index in [0.29, 0.717) is 18.8 Å². The highest BCUT2D eigenvalue weighted by molar-refractivity contribution is 7.07. The van der Waals surface area contributed by atoms with E-state index >= 15 is 0 Å². The normalized spacial score (nSPS) is 9.43. The Hall–Kier alpha value is -1.34. The summed E-state index contributed by atoms with van der Waals surface area (Å²) in [5, 5.41) is 1.74.